The second kappa shape index (κ2) is 13.5. The molecule has 0 fully saturated rings. The molecule has 12 heteroatoms. The number of ether oxygens (including phenoxy) is 1. The van der Waals surface area contributed by atoms with Gasteiger partial charge in [0.05, 0.1) is 20.8 Å². The molecule has 1 amide bonds. The molecule has 2 aromatic carbocycles. The molecular formula is C28H35BrN2O8S. The topological polar surface area (TPSA) is 150 Å². The highest BCUT2D eigenvalue weighted by atomic mass is 79.9. The fourth-order valence-electron chi connectivity index (χ4n) is 4.88. The van der Waals surface area contributed by atoms with Crippen molar-refractivity contribution in [2.45, 2.75) is 63.3 Å². The van der Waals surface area contributed by atoms with Crippen molar-refractivity contribution in [2.75, 3.05) is 23.8 Å². The molecule has 2 atom stereocenters. The molecule has 0 saturated carbocycles. The van der Waals surface area contributed by atoms with E-state index in [0.29, 0.717) is 23.1 Å². The highest BCUT2D eigenvalue weighted by molar-refractivity contribution is 9.10. The van der Waals surface area contributed by atoms with Crippen LogP contribution < -0.4 is 15.0 Å². The maximum atomic E-state index is 13.9. The minimum atomic E-state index is -3.77. The monoisotopic (exact) mass is 638 g/mol. The van der Waals surface area contributed by atoms with Crippen LogP contribution in [0.1, 0.15) is 52.4 Å². The number of amides is 1. The Morgan fingerprint density at radius 3 is 2.45 bits per heavy atom. The first kappa shape index (κ1) is 31.4. The zero-order valence-corrected chi connectivity index (χ0v) is 25.0. The lowest BCUT2D eigenvalue weighted by molar-refractivity contribution is -0.143. The summed E-state index contributed by atoms with van der Waals surface area (Å²) in [5.41, 5.74) is 0.885. The number of anilines is 2. The van der Waals surface area contributed by atoms with E-state index in [2.05, 4.69) is 28.2 Å². The Bertz CT molecular complexity index is 1340. The van der Waals surface area contributed by atoms with Crippen LogP contribution in [0.15, 0.2) is 51.8 Å². The van der Waals surface area contributed by atoms with Gasteiger partial charge >= 0.3 is 11.9 Å². The third kappa shape index (κ3) is 7.75. The number of unbranched alkanes of at least 4 members (excludes halogenated alkanes) is 1. The number of fused-ring (bicyclic) bond motifs is 1. The summed E-state index contributed by atoms with van der Waals surface area (Å²) in [6.07, 6.45) is 2.57. The Morgan fingerprint density at radius 1 is 1.15 bits per heavy atom. The fourth-order valence-corrected chi connectivity index (χ4v) is 7.50. The number of hydrogen-bond donors (Lipinski definition) is 3. The minimum Gasteiger partial charge on any atom is -0.483 e. The predicted molar refractivity (Wildman–Crippen MR) is 154 cm³/mol. The maximum absolute atomic E-state index is 13.9. The molecule has 1 aliphatic rings. The molecule has 0 aliphatic carbocycles. The summed E-state index contributed by atoms with van der Waals surface area (Å²) in [5, 5.41) is 20.4. The molecule has 0 spiro atoms. The van der Waals surface area contributed by atoms with E-state index in [-0.39, 0.29) is 22.8 Å². The van der Waals surface area contributed by atoms with Crippen molar-refractivity contribution in [3.8, 4) is 5.75 Å². The maximum Gasteiger partial charge on any atom is 0.326 e. The number of carboxylic acid groups (broad SMARTS) is 2. The van der Waals surface area contributed by atoms with Crippen molar-refractivity contribution in [3.63, 3.8) is 0 Å². The number of sulfone groups is 1. The standard InChI is InChI=1S/C28H35BrN2O8S/c1-3-5-13-28(4-2)17-31(19-9-7-6-8-10-19)22-14-20(29)23(15-24(22)40(37,38)18-28)39-16-25(32)30-21(27(35)36)11-12-26(33)34/h6-10,14-15,21H,3-5,11-13,16-18H2,1-2H3,(H,30,32)(H,33,34)(H,35,36)/t21-,28?/m0/s1. The summed E-state index contributed by atoms with van der Waals surface area (Å²) in [6.45, 7) is 4.03. The minimum absolute atomic E-state index is 0.0295. The highest BCUT2D eigenvalue weighted by Crippen LogP contribution is 2.46. The Hall–Kier alpha value is -3.12. The van der Waals surface area contributed by atoms with E-state index in [9.17, 15) is 27.9 Å². The number of carbonyl (C=O) groups excluding carboxylic acids is 1. The summed E-state index contributed by atoms with van der Waals surface area (Å²) < 4.78 is 33.8. The lowest BCUT2D eigenvalue weighted by Gasteiger charge is -2.36. The Kier molecular flexibility index (Phi) is 10.6. The Balaban J connectivity index is 1.95. The summed E-state index contributed by atoms with van der Waals surface area (Å²) in [7, 11) is -3.77. The second-order valence-electron chi connectivity index (χ2n) is 10.1. The van der Waals surface area contributed by atoms with Crippen molar-refractivity contribution >= 4 is 55.0 Å². The zero-order valence-electron chi connectivity index (χ0n) is 22.6. The lowest BCUT2D eigenvalue weighted by atomic mass is 9.81. The van der Waals surface area contributed by atoms with Gasteiger partial charge in [0.2, 0.25) is 0 Å². The van der Waals surface area contributed by atoms with Gasteiger partial charge in [-0.05, 0) is 53.4 Å². The molecule has 2 aromatic rings. The van der Waals surface area contributed by atoms with Gasteiger partial charge in [-0.25, -0.2) is 13.2 Å². The van der Waals surface area contributed by atoms with Gasteiger partial charge in [-0.2, -0.15) is 0 Å². The number of aliphatic carboxylic acids is 2. The van der Waals surface area contributed by atoms with E-state index >= 15 is 0 Å². The molecule has 40 heavy (non-hydrogen) atoms. The molecule has 10 nitrogen and oxygen atoms in total. The smallest absolute Gasteiger partial charge is 0.326 e. The molecule has 1 heterocycles. The van der Waals surface area contributed by atoms with Crippen molar-refractivity contribution in [2.24, 2.45) is 5.41 Å². The van der Waals surface area contributed by atoms with E-state index < -0.39 is 52.2 Å². The van der Waals surface area contributed by atoms with Gasteiger partial charge in [0.1, 0.15) is 11.8 Å². The van der Waals surface area contributed by atoms with Crippen molar-refractivity contribution in [1.82, 2.24) is 5.32 Å². The molecule has 0 bridgehead atoms. The average molecular weight is 640 g/mol. The van der Waals surface area contributed by atoms with Crippen LogP contribution >= 0.6 is 15.9 Å². The number of rotatable bonds is 13. The van der Waals surface area contributed by atoms with Crippen LogP contribution in [0.3, 0.4) is 0 Å². The molecule has 0 radical (unpaired) electrons. The first-order valence-corrected chi connectivity index (χ1v) is 15.6. The lowest BCUT2D eigenvalue weighted by Crippen LogP contribution is -2.43. The predicted octanol–water partition coefficient (Wildman–Crippen LogP) is 4.77. The number of carbonyl (C=O) groups is 3. The number of hydrogen-bond acceptors (Lipinski definition) is 7. The summed E-state index contributed by atoms with van der Waals surface area (Å²) in [4.78, 5) is 36.7. The average Bonchev–Trinajstić information content (AvgIpc) is 3.00. The SMILES string of the molecule is CCCCC1(CC)CN(c2ccccc2)c2cc(Br)c(OCC(=O)N[C@@H](CCC(=O)O)C(=O)O)cc2S(=O)(=O)C1. The number of para-hydroxylation sites is 1. The number of nitrogens with one attached hydrogen (secondary N) is 1. The molecule has 218 valence electrons. The van der Waals surface area contributed by atoms with Crippen LogP contribution in [0.4, 0.5) is 11.4 Å². The second-order valence-corrected chi connectivity index (χ2v) is 12.9. The van der Waals surface area contributed by atoms with Crippen LogP contribution in [-0.2, 0) is 24.2 Å². The third-order valence-corrected chi connectivity index (χ3v) is 9.76. The normalized spacial score (nSPS) is 18.7. The van der Waals surface area contributed by atoms with E-state index in [1.807, 2.05) is 42.2 Å². The van der Waals surface area contributed by atoms with Crippen molar-refractivity contribution in [1.29, 1.82) is 0 Å². The summed E-state index contributed by atoms with van der Waals surface area (Å²) in [6, 6.07) is 11.3. The van der Waals surface area contributed by atoms with Crippen molar-refractivity contribution < 1.29 is 37.8 Å². The Morgan fingerprint density at radius 2 is 1.85 bits per heavy atom. The van der Waals surface area contributed by atoms with E-state index in [1.54, 1.807) is 6.07 Å². The van der Waals surface area contributed by atoms with Gasteiger partial charge in [-0.3, -0.25) is 9.59 Å². The summed E-state index contributed by atoms with van der Waals surface area (Å²) >= 11 is 3.45. The van der Waals surface area contributed by atoms with Gasteiger partial charge in [-0.15, -0.1) is 0 Å². The van der Waals surface area contributed by atoms with Gasteiger partial charge in [-0.1, -0.05) is 44.9 Å². The highest BCUT2D eigenvalue weighted by Gasteiger charge is 2.42. The Labute approximate surface area is 242 Å². The molecule has 3 rings (SSSR count). The van der Waals surface area contributed by atoms with Gasteiger partial charge < -0.3 is 25.2 Å². The van der Waals surface area contributed by atoms with Gasteiger partial charge in [0, 0.05) is 30.1 Å². The van der Waals surface area contributed by atoms with Gasteiger partial charge in [0.15, 0.2) is 16.4 Å². The van der Waals surface area contributed by atoms with Crippen LogP contribution in [0.25, 0.3) is 0 Å². The van der Waals surface area contributed by atoms with Crippen LogP contribution in [0, 0.1) is 5.41 Å². The van der Waals surface area contributed by atoms with Crippen LogP contribution in [0.2, 0.25) is 0 Å². The van der Waals surface area contributed by atoms with E-state index in [4.69, 9.17) is 9.84 Å². The van der Waals surface area contributed by atoms with Crippen LogP contribution in [0.5, 0.6) is 5.75 Å². The zero-order chi connectivity index (χ0) is 29.5. The number of halogens is 1. The summed E-state index contributed by atoms with van der Waals surface area (Å²) in [5.74, 6) is -3.25. The molecule has 0 saturated heterocycles. The molecule has 1 aliphatic heterocycles. The first-order chi connectivity index (χ1) is 18.9. The van der Waals surface area contributed by atoms with Crippen LogP contribution in [-0.4, -0.2) is 61.4 Å². The molecule has 1 unspecified atom stereocenters. The largest absolute Gasteiger partial charge is 0.483 e. The quantitative estimate of drug-likeness (QED) is 0.282. The molecule has 3 N–H and O–H groups in total. The molecule has 0 aromatic heterocycles. The van der Waals surface area contributed by atoms with Crippen molar-refractivity contribution in [3.05, 3.63) is 46.9 Å². The third-order valence-electron chi connectivity index (χ3n) is 7.15. The number of carboxylic acids is 2. The number of nitrogens with zero attached hydrogens (tertiary/aromatic N) is 1. The van der Waals surface area contributed by atoms with E-state index in [1.165, 1.54) is 6.07 Å². The van der Waals surface area contributed by atoms with Gasteiger partial charge in [0.25, 0.3) is 5.91 Å². The fraction of sp³-hybridized carbons (Fsp3) is 0.464. The molecular weight excluding hydrogens is 604 g/mol. The number of benzene rings is 2. The van der Waals surface area contributed by atoms with E-state index in [0.717, 1.165) is 24.9 Å². The first-order valence-electron chi connectivity index (χ1n) is 13.2.